The van der Waals surface area contributed by atoms with Crippen molar-refractivity contribution < 1.29 is 9.47 Å². The van der Waals surface area contributed by atoms with Gasteiger partial charge in [-0.25, -0.2) is 0 Å². The molecule has 0 saturated carbocycles. The van der Waals surface area contributed by atoms with Crippen LogP contribution in [0.4, 0.5) is 0 Å². The fourth-order valence-corrected chi connectivity index (χ4v) is 1.51. The molecule has 1 rings (SSSR count). The highest BCUT2D eigenvalue weighted by atomic mass is 16.7. The Bertz CT molecular complexity index is 260. The van der Waals surface area contributed by atoms with Gasteiger partial charge in [-0.1, -0.05) is 30.3 Å². The van der Waals surface area contributed by atoms with Gasteiger partial charge in [0.15, 0.2) is 0 Å². The highest BCUT2D eigenvalue weighted by Gasteiger charge is 2.11. The van der Waals surface area contributed by atoms with E-state index < -0.39 is 0 Å². The maximum atomic E-state index is 5.15. The largest absolute Gasteiger partial charge is 0.343 e. The number of methoxy groups -OCH3 is 2. The third kappa shape index (κ3) is 4.00. The van der Waals surface area contributed by atoms with E-state index in [1.165, 1.54) is 5.56 Å². The molecule has 0 radical (unpaired) electrons. The summed E-state index contributed by atoms with van der Waals surface area (Å²) < 4.78 is 10.3. The molecule has 0 atom stereocenters. The molecule has 0 saturated heterocycles. The molecular formula is C12H19NO2. The monoisotopic (exact) mass is 209 g/mol. The van der Waals surface area contributed by atoms with Gasteiger partial charge < -0.3 is 9.47 Å². The lowest BCUT2D eigenvalue weighted by atomic mass is 10.1. The number of hydrogen-bond donors (Lipinski definition) is 0. The highest BCUT2D eigenvalue weighted by Crippen LogP contribution is 2.03. The highest BCUT2D eigenvalue weighted by molar-refractivity contribution is 5.14. The van der Waals surface area contributed by atoms with Crippen molar-refractivity contribution >= 4 is 0 Å². The van der Waals surface area contributed by atoms with E-state index in [2.05, 4.69) is 24.3 Å². The molecule has 0 unspecified atom stereocenters. The lowest BCUT2D eigenvalue weighted by Gasteiger charge is -2.24. The third-order valence-electron chi connectivity index (χ3n) is 2.36. The Hall–Kier alpha value is -0.900. The number of rotatable bonds is 6. The van der Waals surface area contributed by atoms with Crippen LogP contribution in [0.5, 0.6) is 0 Å². The topological polar surface area (TPSA) is 21.7 Å². The average molecular weight is 209 g/mol. The SMILES string of the molecule is COC(OC)N(C)CCc1ccccc1. The maximum Gasteiger partial charge on any atom is 0.217 e. The number of benzene rings is 1. The first-order chi connectivity index (χ1) is 7.27. The van der Waals surface area contributed by atoms with E-state index >= 15 is 0 Å². The number of likely N-dealkylation sites (N-methyl/N-ethyl adjacent to an activating group) is 1. The molecule has 15 heavy (non-hydrogen) atoms. The van der Waals surface area contributed by atoms with Crippen LogP contribution in [0.3, 0.4) is 0 Å². The minimum atomic E-state index is -0.256. The van der Waals surface area contributed by atoms with Gasteiger partial charge in [-0.2, -0.15) is 0 Å². The molecule has 0 aliphatic rings. The molecule has 0 bridgehead atoms. The van der Waals surface area contributed by atoms with Crippen LogP contribution in [-0.4, -0.2) is 39.1 Å². The van der Waals surface area contributed by atoms with Crippen molar-refractivity contribution in [1.82, 2.24) is 4.90 Å². The van der Waals surface area contributed by atoms with Crippen molar-refractivity contribution in [2.24, 2.45) is 0 Å². The summed E-state index contributed by atoms with van der Waals surface area (Å²) in [6.45, 7) is 0.913. The Kier molecular flexibility index (Phi) is 5.32. The summed E-state index contributed by atoms with van der Waals surface area (Å²) >= 11 is 0. The van der Waals surface area contributed by atoms with Crippen LogP contribution in [0.25, 0.3) is 0 Å². The first-order valence-corrected chi connectivity index (χ1v) is 5.07. The number of hydrogen-bond acceptors (Lipinski definition) is 3. The number of nitrogens with zero attached hydrogens (tertiary/aromatic N) is 1. The van der Waals surface area contributed by atoms with Crippen molar-refractivity contribution in [2.45, 2.75) is 12.8 Å². The fourth-order valence-electron chi connectivity index (χ4n) is 1.51. The summed E-state index contributed by atoms with van der Waals surface area (Å²) in [5.74, 6) is 0. The second-order valence-electron chi connectivity index (χ2n) is 3.49. The average Bonchev–Trinajstić information content (AvgIpc) is 2.29. The van der Waals surface area contributed by atoms with E-state index in [1.54, 1.807) is 14.2 Å². The molecule has 0 aromatic heterocycles. The zero-order chi connectivity index (χ0) is 11.1. The lowest BCUT2D eigenvalue weighted by molar-refractivity contribution is -0.187. The minimum absolute atomic E-state index is 0.256. The predicted octanol–water partition coefficient (Wildman–Crippen LogP) is 1.74. The zero-order valence-electron chi connectivity index (χ0n) is 9.64. The zero-order valence-corrected chi connectivity index (χ0v) is 9.64. The van der Waals surface area contributed by atoms with Gasteiger partial charge in [-0.15, -0.1) is 0 Å². The summed E-state index contributed by atoms with van der Waals surface area (Å²) in [4.78, 5) is 2.03. The van der Waals surface area contributed by atoms with Gasteiger partial charge in [0.05, 0.1) is 0 Å². The summed E-state index contributed by atoms with van der Waals surface area (Å²) in [6.07, 6.45) is 0.745. The summed E-state index contributed by atoms with van der Waals surface area (Å²) in [5, 5.41) is 0. The summed E-state index contributed by atoms with van der Waals surface area (Å²) in [5.41, 5.74) is 1.33. The van der Waals surface area contributed by atoms with E-state index in [-0.39, 0.29) is 6.41 Å². The van der Waals surface area contributed by atoms with Gasteiger partial charge in [-0.05, 0) is 19.0 Å². The lowest BCUT2D eigenvalue weighted by Crippen LogP contribution is -2.36. The Labute approximate surface area is 91.6 Å². The van der Waals surface area contributed by atoms with Crippen LogP contribution >= 0.6 is 0 Å². The van der Waals surface area contributed by atoms with Crippen molar-refractivity contribution in [3.8, 4) is 0 Å². The molecule has 0 fully saturated rings. The van der Waals surface area contributed by atoms with Crippen LogP contribution in [0.2, 0.25) is 0 Å². The van der Waals surface area contributed by atoms with Crippen LogP contribution in [0.1, 0.15) is 5.56 Å². The first kappa shape index (κ1) is 12.2. The Morgan fingerprint density at radius 3 is 2.27 bits per heavy atom. The Morgan fingerprint density at radius 2 is 1.73 bits per heavy atom. The molecule has 0 N–H and O–H groups in total. The number of ether oxygens (including phenoxy) is 2. The van der Waals surface area contributed by atoms with E-state index in [9.17, 15) is 0 Å². The van der Waals surface area contributed by atoms with Gasteiger partial charge in [0.1, 0.15) is 0 Å². The van der Waals surface area contributed by atoms with Gasteiger partial charge in [0, 0.05) is 20.8 Å². The van der Waals surface area contributed by atoms with Crippen molar-refractivity contribution in [3.63, 3.8) is 0 Å². The Morgan fingerprint density at radius 1 is 1.13 bits per heavy atom. The van der Waals surface area contributed by atoms with Crippen LogP contribution in [0, 0.1) is 0 Å². The van der Waals surface area contributed by atoms with E-state index in [1.807, 2.05) is 18.0 Å². The van der Waals surface area contributed by atoms with Gasteiger partial charge in [0.2, 0.25) is 6.41 Å². The van der Waals surface area contributed by atoms with E-state index in [0.29, 0.717) is 0 Å². The minimum Gasteiger partial charge on any atom is -0.343 e. The molecule has 3 nitrogen and oxygen atoms in total. The molecule has 0 amide bonds. The van der Waals surface area contributed by atoms with Gasteiger partial charge >= 0.3 is 0 Å². The molecule has 84 valence electrons. The van der Waals surface area contributed by atoms with Crippen molar-refractivity contribution in [1.29, 1.82) is 0 Å². The molecular weight excluding hydrogens is 190 g/mol. The normalized spacial score (nSPS) is 11.3. The summed E-state index contributed by atoms with van der Waals surface area (Å²) in [7, 11) is 5.28. The molecule has 3 heteroatoms. The third-order valence-corrected chi connectivity index (χ3v) is 2.36. The van der Waals surface area contributed by atoms with Crippen LogP contribution in [-0.2, 0) is 15.9 Å². The fraction of sp³-hybridized carbons (Fsp3) is 0.500. The van der Waals surface area contributed by atoms with E-state index in [4.69, 9.17) is 9.47 Å². The van der Waals surface area contributed by atoms with Crippen molar-refractivity contribution in [3.05, 3.63) is 35.9 Å². The first-order valence-electron chi connectivity index (χ1n) is 5.07. The standard InChI is InChI=1S/C12H19NO2/c1-13(12(14-2)15-3)10-9-11-7-5-4-6-8-11/h4-8,12H,9-10H2,1-3H3. The van der Waals surface area contributed by atoms with Gasteiger partial charge in [-0.3, -0.25) is 4.90 Å². The maximum absolute atomic E-state index is 5.15. The van der Waals surface area contributed by atoms with E-state index in [0.717, 1.165) is 13.0 Å². The molecule has 1 aromatic carbocycles. The van der Waals surface area contributed by atoms with Crippen LogP contribution < -0.4 is 0 Å². The van der Waals surface area contributed by atoms with Crippen molar-refractivity contribution in [2.75, 3.05) is 27.8 Å². The second-order valence-corrected chi connectivity index (χ2v) is 3.49. The predicted molar refractivity (Wildman–Crippen MR) is 60.6 cm³/mol. The second kappa shape index (κ2) is 6.56. The molecule has 0 spiro atoms. The summed E-state index contributed by atoms with van der Waals surface area (Å²) in [6, 6.07) is 10.4. The Balaban J connectivity index is 2.36. The van der Waals surface area contributed by atoms with Crippen LogP contribution in [0.15, 0.2) is 30.3 Å². The molecule has 0 heterocycles. The molecule has 1 aromatic rings. The molecule has 0 aliphatic carbocycles. The molecule has 0 aliphatic heterocycles. The van der Waals surface area contributed by atoms with Gasteiger partial charge in [0.25, 0.3) is 0 Å². The quantitative estimate of drug-likeness (QED) is 0.666. The smallest absolute Gasteiger partial charge is 0.217 e.